The minimum absolute atomic E-state index is 0.121. The zero-order valence-electron chi connectivity index (χ0n) is 13.9. The van der Waals surface area contributed by atoms with Crippen LogP contribution in [0.3, 0.4) is 0 Å². The summed E-state index contributed by atoms with van der Waals surface area (Å²) in [6.45, 7) is 0. The van der Waals surface area contributed by atoms with E-state index in [9.17, 15) is 22.4 Å². The zero-order valence-corrected chi connectivity index (χ0v) is 13.9. The van der Waals surface area contributed by atoms with E-state index < -0.39 is 23.5 Å². The van der Waals surface area contributed by atoms with Crippen molar-refractivity contribution in [2.45, 2.75) is 12.6 Å². The number of benzene rings is 2. The molecule has 3 aromatic rings. The van der Waals surface area contributed by atoms with Gasteiger partial charge >= 0.3 is 6.18 Å². The summed E-state index contributed by atoms with van der Waals surface area (Å²) in [5.74, 6) is -1.48. The Bertz CT molecular complexity index is 982. The Morgan fingerprint density at radius 3 is 2.30 bits per heavy atom. The monoisotopic (exact) mass is 374 g/mol. The maximum atomic E-state index is 13.6. The molecule has 0 aliphatic rings. The average molecular weight is 374 g/mol. The van der Waals surface area contributed by atoms with E-state index in [-0.39, 0.29) is 12.0 Å². The summed E-state index contributed by atoms with van der Waals surface area (Å²) in [5, 5.41) is 0. The molecule has 0 fully saturated rings. The molecule has 0 saturated heterocycles. The second-order valence-corrected chi connectivity index (χ2v) is 6.01. The number of nitrogens with zero attached hydrogens (tertiary/aromatic N) is 1. The first-order valence-corrected chi connectivity index (χ1v) is 7.94. The molecule has 2 N–H and O–H groups in total. The zero-order chi connectivity index (χ0) is 19.6. The van der Waals surface area contributed by atoms with Crippen molar-refractivity contribution in [1.82, 2.24) is 4.98 Å². The van der Waals surface area contributed by atoms with Gasteiger partial charge in [0.15, 0.2) is 0 Å². The van der Waals surface area contributed by atoms with Crippen LogP contribution in [0.4, 0.5) is 17.6 Å². The van der Waals surface area contributed by atoms with Gasteiger partial charge in [-0.25, -0.2) is 4.39 Å². The van der Waals surface area contributed by atoms with Gasteiger partial charge in [-0.3, -0.25) is 9.78 Å². The molecule has 27 heavy (non-hydrogen) atoms. The van der Waals surface area contributed by atoms with Gasteiger partial charge in [0.05, 0.1) is 11.3 Å². The summed E-state index contributed by atoms with van der Waals surface area (Å²) in [4.78, 5) is 15.4. The normalized spacial score (nSPS) is 11.4. The molecule has 2 aromatic carbocycles. The molecule has 0 spiro atoms. The van der Waals surface area contributed by atoms with Crippen LogP contribution in [-0.2, 0) is 12.6 Å². The first kappa shape index (κ1) is 18.6. The molecular formula is C20H14F4N2O. The molecule has 0 saturated carbocycles. The molecule has 1 heterocycles. The lowest BCUT2D eigenvalue weighted by molar-refractivity contribution is -0.137. The lowest BCUT2D eigenvalue weighted by Crippen LogP contribution is -2.10. The highest BCUT2D eigenvalue weighted by Crippen LogP contribution is 2.31. The Morgan fingerprint density at radius 1 is 0.963 bits per heavy atom. The molecule has 1 aromatic heterocycles. The maximum Gasteiger partial charge on any atom is 0.416 e. The second-order valence-electron chi connectivity index (χ2n) is 6.01. The summed E-state index contributed by atoms with van der Waals surface area (Å²) in [7, 11) is 0. The van der Waals surface area contributed by atoms with E-state index in [4.69, 9.17) is 5.73 Å². The third-order valence-corrected chi connectivity index (χ3v) is 3.98. The SMILES string of the molecule is NC(=O)c1ccc(-c2cc(Cc3cc(F)cc(C(F)(F)F)c3)ccn2)cc1. The smallest absolute Gasteiger partial charge is 0.366 e. The summed E-state index contributed by atoms with van der Waals surface area (Å²) in [5.41, 5.74) is 6.73. The number of hydrogen-bond acceptors (Lipinski definition) is 2. The van der Waals surface area contributed by atoms with Gasteiger partial charge in [0.25, 0.3) is 0 Å². The van der Waals surface area contributed by atoms with E-state index in [1.54, 1.807) is 36.4 Å². The summed E-state index contributed by atoms with van der Waals surface area (Å²) in [6, 6.07) is 12.3. The molecule has 0 radical (unpaired) electrons. The Balaban J connectivity index is 1.88. The first-order valence-electron chi connectivity index (χ1n) is 7.94. The molecule has 3 nitrogen and oxygen atoms in total. The van der Waals surface area contributed by atoms with Crippen LogP contribution in [0, 0.1) is 5.82 Å². The van der Waals surface area contributed by atoms with E-state index in [0.717, 1.165) is 17.7 Å². The molecule has 138 valence electrons. The van der Waals surface area contributed by atoms with Crippen LogP contribution in [0.15, 0.2) is 60.8 Å². The van der Waals surface area contributed by atoms with E-state index in [1.807, 2.05) is 0 Å². The molecule has 0 atom stereocenters. The van der Waals surface area contributed by atoms with Crippen molar-refractivity contribution >= 4 is 5.91 Å². The predicted molar refractivity (Wildman–Crippen MR) is 92.4 cm³/mol. The van der Waals surface area contributed by atoms with Crippen molar-refractivity contribution in [3.8, 4) is 11.3 Å². The Morgan fingerprint density at radius 2 is 1.67 bits per heavy atom. The summed E-state index contributed by atoms with van der Waals surface area (Å²) >= 11 is 0. The maximum absolute atomic E-state index is 13.6. The van der Waals surface area contributed by atoms with Gasteiger partial charge in [-0.05, 0) is 60.0 Å². The number of hydrogen-bond donors (Lipinski definition) is 1. The van der Waals surface area contributed by atoms with Crippen LogP contribution in [0.1, 0.15) is 27.0 Å². The number of nitrogens with two attached hydrogens (primary N) is 1. The number of amides is 1. The fourth-order valence-corrected chi connectivity index (χ4v) is 2.70. The third kappa shape index (κ3) is 4.49. The summed E-state index contributed by atoms with van der Waals surface area (Å²) in [6.07, 6.45) is -2.96. The second kappa shape index (κ2) is 7.19. The highest BCUT2D eigenvalue weighted by Gasteiger charge is 2.31. The van der Waals surface area contributed by atoms with Gasteiger partial charge < -0.3 is 5.73 Å². The number of halogens is 4. The van der Waals surface area contributed by atoms with Crippen molar-refractivity contribution in [3.05, 3.63) is 88.9 Å². The van der Waals surface area contributed by atoms with E-state index in [1.165, 1.54) is 6.20 Å². The number of carbonyl (C=O) groups excluding carboxylic acids is 1. The van der Waals surface area contributed by atoms with Gasteiger partial charge in [0.1, 0.15) is 5.82 Å². The highest BCUT2D eigenvalue weighted by atomic mass is 19.4. The molecule has 0 unspecified atom stereocenters. The molecule has 1 amide bonds. The van der Waals surface area contributed by atoms with Crippen LogP contribution in [-0.4, -0.2) is 10.9 Å². The van der Waals surface area contributed by atoms with E-state index in [2.05, 4.69) is 4.98 Å². The Hall–Kier alpha value is -3.22. The summed E-state index contributed by atoms with van der Waals surface area (Å²) < 4.78 is 52.1. The quantitative estimate of drug-likeness (QED) is 0.679. The van der Waals surface area contributed by atoms with Crippen LogP contribution in [0.25, 0.3) is 11.3 Å². The lowest BCUT2D eigenvalue weighted by atomic mass is 10.0. The van der Waals surface area contributed by atoms with Gasteiger partial charge in [-0.2, -0.15) is 13.2 Å². The van der Waals surface area contributed by atoms with E-state index >= 15 is 0 Å². The van der Waals surface area contributed by atoms with Crippen LogP contribution in [0.5, 0.6) is 0 Å². The minimum atomic E-state index is -4.61. The van der Waals surface area contributed by atoms with E-state index in [0.29, 0.717) is 22.9 Å². The number of pyridine rings is 1. The highest BCUT2D eigenvalue weighted by molar-refractivity contribution is 5.93. The van der Waals surface area contributed by atoms with Gasteiger partial charge in [0.2, 0.25) is 5.91 Å². The standard InChI is InChI=1S/C20H14F4N2O/c21-17-9-13(8-16(11-17)20(22,23)24)7-12-5-6-26-18(10-12)14-1-3-15(4-2-14)19(25)27/h1-6,8-11H,7H2,(H2,25,27). The topological polar surface area (TPSA) is 56.0 Å². The lowest BCUT2D eigenvalue weighted by Gasteiger charge is -2.10. The number of primary amides is 1. The molecule has 3 rings (SSSR count). The van der Waals surface area contributed by atoms with Crippen molar-refractivity contribution in [1.29, 1.82) is 0 Å². The number of rotatable bonds is 4. The van der Waals surface area contributed by atoms with Crippen molar-refractivity contribution in [3.63, 3.8) is 0 Å². The molecule has 7 heteroatoms. The number of alkyl halides is 3. The Kier molecular flexibility index (Phi) is 4.94. The molecule has 0 aliphatic heterocycles. The average Bonchev–Trinajstić information content (AvgIpc) is 2.61. The molecular weight excluding hydrogens is 360 g/mol. The van der Waals surface area contributed by atoms with Crippen molar-refractivity contribution in [2.75, 3.05) is 0 Å². The van der Waals surface area contributed by atoms with Gasteiger partial charge in [-0.15, -0.1) is 0 Å². The predicted octanol–water partition coefficient (Wildman–Crippen LogP) is 4.60. The molecule has 0 aliphatic carbocycles. The van der Waals surface area contributed by atoms with Crippen LogP contribution in [0.2, 0.25) is 0 Å². The number of carbonyl (C=O) groups is 1. The first-order chi connectivity index (χ1) is 12.7. The molecule has 0 bridgehead atoms. The van der Waals surface area contributed by atoms with Gasteiger partial charge in [0, 0.05) is 17.3 Å². The van der Waals surface area contributed by atoms with Crippen LogP contribution < -0.4 is 5.73 Å². The minimum Gasteiger partial charge on any atom is -0.366 e. The van der Waals surface area contributed by atoms with Gasteiger partial charge in [-0.1, -0.05) is 12.1 Å². The van der Waals surface area contributed by atoms with Crippen molar-refractivity contribution in [2.24, 2.45) is 5.73 Å². The largest absolute Gasteiger partial charge is 0.416 e. The van der Waals surface area contributed by atoms with Crippen LogP contribution >= 0.6 is 0 Å². The third-order valence-electron chi connectivity index (χ3n) is 3.98. The fraction of sp³-hybridized carbons (Fsp3) is 0.100. The number of aromatic nitrogens is 1. The fourth-order valence-electron chi connectivity index (χ4n) is 2.70. The van der Waals surface area contributed by atoms with Crippen molar-refractivity contribution < 1.29 is 22.4 Å². The Labute approximate surface area is 152 Å².